The van der Waals surface area contributed by atoms with Gasteiger partial charge in [-0.2, -0.15) is 0 Å². The second-order valence-electron chi connectivity index (χ2n) is 6.75. The monoisotopic (exact) mass is 416 g/mol. The van der Waals surface area contributed by atoms with Gasteiger partial charge in [-0.3, -0.25) is 9.59 Å². The first kappa shape index (κ1) is 21.4. The maximum Gasteiger partial charge on any atom is 0.253 e. The largest absolute Gasteiger partial charge is 0.345 e. The van der Waals surface area contributed by atoms with Crippen LogP contribution in [-0.4, -0.2) is 18.1 Å². The van der Waals surface area contributed by atoms with Gasteiger partial charge in [-0.05, 0) is 54.6 Å². The molecule has 3 rings (SSSR count). The van der Waals surface area contributed by atoms with E-state index in [9.17, 15) is 9.59 Å². The number of hydrogen-bond acceptors (Lipinski definition) is 3. The maximum atomic E-state index is 12.8. The van der Waals surface area contributed by atoms with Crippen LogP contribution in [0.1, 0.15) is 34.5 Å². The highest BCUT2D eigenvalue weighted by Crippen LogP contribution is 2.19. The minimum atomic E-state index is -0.291. The summed E-state index contributed by atoms with van der Waals surface area (Å²) in [5.41, 5.74) is 2.85. The Labute approximate surface area is 181 Å². The smallest absolute Gasteiger partial charge is 0.253 e. The van der Waals surface area contributed by atoms with Gasteiger partial charge in [0.1, 0.15) is 0 Å². The molecular weight excluding hydrogens is 392 g/mol. The van der Waals surface area contributed by atoms with Gasteiger partial charge in [0, 0.05) is 11.0 Å². The Hall–Kier alpha value is -3.31. The summed E-state index contributed by atoms with van der Waals surface area (Å²) in [6.07, 6.45) is 5.24. The highest BCUT2D eigenvalue weighted by atomic mass is 32.2. The summed E-state index contributed by atoms with van der Waals surface area (Å²) in [7, 11) is 0. The Balaban J connectivity index is 1.67. The quantitative estimate of drug-likeness (QED) is 0.392. The Kier molecular flexibility index (Phi) is 7.46. The van der Waals surface area contributed by atoms with E-state index in [1.807, 2.05) is 67.8 Å². The van der Waals surface area contributed by atoms with Gasteiger partial charge in [0.15, 0.2) is 0 Å². The number of nitrogens with one attached hydrogen (secondary N) is 2. The molecule has 0 saturated heterocycles. The molecule has 2 amide bonds. The van der Waals surface area contributed by atoms with Crippen molar-refractivity contribution in [2.24, 2.45) is 0 Å². The number of carbonyl (C=O) groups is 2. The lowest BCUT2D eigenvalue weighted by Crippen LogP contribution is -2.27. The lowest BCUT2D eigenvalue weighted by molar-refractivity contribution is -0.111. The van der Waals surface area contributed by atoms with Gasteiger partial charge in [0.05, 0.1) is 17.3 Å². The van der Waals surface area contributed by atoms with E-state index in [-0.39, 0.29) is 17.9 Å². The first-order valence-electron chi connectivity index (χ1n) is 9.65. The normalized spacial score (nSPS) is 11.8. The summed E-state index contributed by atoms with van der Waals surface area (Å²) in [5, 5.41) is 5.79. The van der Waals surface area contributed by atoms with Crippen LogP contribution in [0.3, 0.4) is 0 Å². The predicted octanol–water partition coefficient (Wildman–Crippen LogP) is 5.55. The Morgan fingerprint density at radius 1 is 0.900 bits per heavy atom. The average molecular weight is 417 g/mol. The molecule has 30 heavy (non-hydrogen) atoms. The van der Waals surface area contributed by atoms with Crippen LogP contribution in [-0.2, 0) is 4.79 Å². The van der Waals surface area contributed by atoms with Crippen LogP contribution in [0, 0.1) is 0 Å². The lowest BCUT2D eigenvalue weighted by atomic mass is 10.1. The first-order chi connectivity index (χ1) is 14.6. The van der Waals surface area contributed by atoms with Crippen LogP contribution in [0.2, 0.25) is 0 Å². The van der Waals surface area contributed by atoms with Crippen molar-refractivity contribution >= 4 is 35.3 Å². The second kappa shape index (κ2) is 10.5. The second-order valence-corrected chi connectivity index (χ2v) is 7.63. The molecule has 0 heterocycles. The molecule has 1 unspecified atom stereocenters. The molecule has 0 fully saturated rings. The van der Waals surface area contributed by atoms with Crippen molar-refractivity contribution < 1.29 is 9.59 Å². The number of anilines is 1. The molecule has 0 aliphatic carbocycles. The molecule has 3 aromatic carbocycles. The van der Waals surface area contributed by atoms with Crippen molar-refractivity contribution in [2.75, 3.05) is 11.6 Å². The third-order valence-corrected chi connectivity index (χ3v) is 5.36. The topological polar surface area (TPSA) is 58.2 Å². The third kappa shape index (κ3) is 5.84. The number of amides is 2. The van der Waals surface area contributed by atoms with E-state index >= 15 is 0 Å². The fourth-order valence-electron chi connectivity index (χ4n) is 2.95. The summed E-state index contributed by atoms with van der Waals surface area (Å²) in [6, 6.07) is 24.5. The van der Waals surface area contributed by atoms with Crippen LogP contribution < -0.4 is 10.6 Å². The standard InChI is InChI=1S/C25H24N2O2S/c1-18(20-8-4-3-5-9-20)26-25(29)22-10-6-7-11-23(22)27-24(28)17-14-19-12-15-21(30-2)16-13-19/h3-18H,1-2H3,(H,26,29)(H,27,28). The van der Waals surface area contributed by atoms with Crippen molar-refractivity contribution in [3.8, 4) is 0 Å². The van der Waals surface area contributed by atoms with Gasteiger partial charge >= 0.3 is 0 Å². The van der Waals surface area contributed by atoms with Crippen LogP contribution in [0.25, 0.3) is 6.08 Å². The Bertz CT molecular complexity index is 1030. The predicted molar refractivity (Wildman–Crippen MR) is 125 cm³/mol. The molecular formula is C25H24N2O2S. The molecule has 2 N–H and O–H groups in total. The highest BCUT2D eigenvalue weighted by Gasteiger charge is 2.15. The maximum absolute atomic E-state index is 12.8. The van der Waals surface area contributed by atoms with Crippen molar-refractivity contribution in [3.05, 3.63) is 102 Å². The van der Waals surface area contributed by atoms with E-state index in [1.165, 1.54) is 11.0 Å². The lowest BCUT2D eigenvalue weighted by Gasteiger charge is -2.16. The van der Waals surface area contributed by atoms with Gasteiger partial charge in [0.2, 0.25) is 5.91 Å². The zero-order chi connectivity index (χ0) is 21.3. The molecule has 0 aromatic heterocycles. The minimum absolute atomic E-state index is 0.147. The number of carbonyl (C=O) groups excluding carboxylic acids is 2. The zero-order valence-corrected chi connectivity index (χ0v) is 17.8. The number of para-hydroxylation sites is 1. The molecule has 0 spiro atoms. The summed E-state index contributed by atoms with van der Waals surface area (Å²) in [4.78, 5) is 26.3. The van der Waals surface area contributed by atoms with Crippen LogP contribution in [0.15, 0.2) is 89.8 Å². The molecule has 0 bridgehead atoms. The Morgan fingerprint density at radius 3 is 2.27 bits per heavy atom. The molecule has 152 valence electrons. The molecule has 0 aliphatic heterocycles. The molecule has 0 saturated carbocycles. The van der Waals surface area contributed by atoms with E-state index in [1.54, 1.807) is 42.1 Å². The molecule has 3 aromatic rings. The van der Waals surface area contributed by atoms with Gasteiger partial charge in [-0.1, -0.05) is 54.6 Å². The van der Waals surface area contributed by atoms with Crippen molar-refractivity contribution in [3.63, 3.8) is 0 Å². The number of thioether (sulfide) groups is 1. The molecule has 0 radical (unpaired) electrons. The van der Waals surface area contributed by atoms with Gasteiger partial charge < -0.3 is 10.6 Å². The molecule has 0 aliphatic rings. The highest BCUT2D eigenvalue weighted by molar-refractivity contribution is 7.98. The summed E-state index contributed by atoms with van der Waals surface area (Å²) in [5.74, 6) is -0.529. The van der Waals surface area contributed by atoms with E-state index in [4.69, 9.17) is 0 Å². The third-order valence-electron chi connectivity index (χ3n) is 4.62. The summed E-state index contributed by atoms with van der Waals surface area (Å²) in [6.45, 7) is 1.93. The van der Waals surface area contributed by atoms with E-state index < -0.39 is 0 Å². The summed E-state index contributed by atoms with van der Waals surface area (Å²) < 4.78 is 0. The SMILES string of the molecule is CSc1ccc(C=CC(=O)Nc2ccccc2C(=O)NC(C)c2ccccc2)cc1. The minimum Gasteiger partial charge on any atom is -0.345 e. The zero-order valence-electron chi connectivity index (χ0n) is 17.0. The van der Waals surface area contributed by atoms with E-state index in [2.05, 4.69) is 10.6 Å². The number of hydrogen-bond donors (Lipinski definition) is 2. The van der Waals surface area contributed by atoms with Gasteiger partial charge in [0.25, 0.3) is 5.91 Å². The van der Waals surface area contributed by atoms with Gasteiger partial charge in [-0.15, -0.1) is 11.8 Å². The first-order valence-corrected chi connectivity index (χ1v) is 10.9. The van der Waals surface area contributed by atoms with E-state index in [0.717, 1.165) is 11.1 Å². The van der Waals surface area contributed by atoms with Crippen LogP contribution in [0.4, 0.5) is 5.69 Å². The number of rotatable bonds is 7. The summed E-state index contributed by atoms with van der Waals surface area (Å²) >= 11 is 1.67. The van der Waals surface area contributed by atoms with Crippen LogP contribution >= 0.6 is 11.8 Å². The molecule has 1 atom stereocenters. The van der Waals surface area contributed by atoms with Gasteiger partial charge in [-0.25, -0.2) is 0 Å². The molecule has 5 heteroatoms. The van der Waals surface area contributed by atoms with Crippen molar-refractivity contribution in [1.82, 2.24) is 5.32 Å². The Morgan fingerprint density at radius 2 is 1.57 bits per heavy atom. The number of benzene rings is 3. The van der Waals surface area contributed by atoms with E-state index in [0.29, 0.717) is 11.3 Å². The van der Waals surface area contributed by atoms with Crippen molar-refractivity contribution in [1.29, 1.82) is 0 Å². The fourth-order valence-corrected chi connectivity index (χ4v) is 3.36. The fraction of sp³-hybridized carbons (Fsp3) is 0.120. The average Bonchev–Trinajstić information content (AvgIpc) is 2.79. The molecule has 4 nitrogen and oxygen atoms in total. The van der Waals surface area contributed by atoms with Crippen LogP contribution in [0.5, 0.6) is 0 Å². The van der Waals surface area contributed by atoms with Crippen molar-refractivity contribution in [2.45, 2.75) is 17.9 Å².